The van der Waals surface area contributed by atoms with E-state index in [0.29, 0.717) is 34.3 Å². The monoisotopic (exact) mass is 463 g/mol. The van der Waals surface area contributed by atoms with Gasteiger partial charge >= 0.3 is 0 Å². The Morgan fingerprint density at radius 3 is 2.61 bits per heavy atom. The largest absolute Gasteiger partial charge is 0.538 e. The van der Waals surface area contributed by atoms with Gasteiger partial charge in [0.25, 0.3) is 5.03 Å². The summed E-state index contributed by atoms with van der Waals surface area (Å²) in [6.07, 6.45) is 0.471. The number of methoxy groups -OCH3 is 2. The van der Waals surface area contributed by atoms with Gasteiger partial charge in [-0.3, -0.25) is 4.79 Å². The topological polar surface area (TPSA) is 101 Å². The maximum absolute atomic E-state index is 13.0. The number of rotatable bonds is 8. The number of nitrogens with one attached hydrogen (secondary N) is 1. The Morgan fingerprint density at radius 1 is 1.29 bits per heavy atom. The number of ether oxygens (including phenoxy) is 2. The van der Waals surface area contributed by atoms with Crippen LogP contribution < -0.4 is 24.6 Å². The molecule has 3 aromatic rings. The summed E-state index contributed by atoms with van der Waals surface area (Å²) < 4.78 is 16.7. The molecule has 1 amide bonds. The predicted molar refractivity (Wildman–Crippen MR) is 115 cm³/mol. The Bertz CT molecular complexity index is 1070. The lowest BCUT2D eigenvalue weighted by atomic mass is 10.2. The van der Waals surface area contributed by atoms with Crippen LogP contribution in [0.15, 0.2) is 45.9 Å². The molecule has 31 heavy (non-hydrogen) atoms. The summed E-state index contributed by atoms with van der Waals surface area (Å²) in [6, 6.07) is 10.4. The smallest absolute Gasteiger partial charge is 0.298 e. The fraction of sp³-hybridized carbons (Fsp3) is 0.286. The number of hydrogen-bond acceptors (Lipinski definition) is 7. The highest BCUT2D eigenvalue weighted by molar-refractivity contribution is 8.00. The number of hydrogen-bond donors (Lipinski definition) is 1. The van der Waals surface area contributed by atoms with Crippen molar-refractivity contribution in [3.05, 3.63) is 47.0 Å². The molecule has 1 aromatic heterocycles. The average Bonchev–Trinajstić information content (AvgIpc) is 3.14. The molecule has 0 aliphatic heterocycles. The van der Waals surface area contributed by atoms with Crippen LogP contribution in [-0.2, 0) is 4.79 Å². The molecule has 1 N–H and O–H groups in total. The predicted octanol–water partition coefficient (Wildman–Crippen LogP) is 3.51. The number of halogens is 1. The number of nitrogens with zero attached hydrogens (tertiary/aromatic N) is 2. The Kier molecular flexibility index (Phi) is 7.29. The molecule has 3 rings (SSSR count). The zero-order valence-corrected chi connectivity index (χ0v) is 19.0. The summed E-state index contributed by atoms with van der Waals surface area (Å²) in [7, 11) is 3.07. The van der Waals surface area contributed by atoms with Crippen LogP contribution in [0.4, 0.5) is 5.69 Å². The van der Waals surface area contributed by atoms with Gasteiger partial charge in [-0.25, -0.2) is 0 Å². The Hall–Kier alpha value is -2.91. The van der Waals surface area contributed by atoms with E-state index in [1.165, 1.54) is 11.8 Å². The molecule has 0 fully saturated rings. The summed E-state index contributed by atoms with van der Waals surface area (Å²) >= 11 is 7.22. The van der Waals surface area contributed by atoms with Crippen molar-refractivity contribution in [3.63, 3.8) is 0 Å². The van der Waals surface area contributed by atoms with Crippen LogP contribution in [0.2, 0.25) is 5.02 Å². The SMILES string of the molecule is CCC(Sc1c([O-])on[n+]1-c1ccc(OC)cc1)C(=O)Nc1cc(C)c(Cl)cc1OC. The maximum Gasteiger partial charge on any atom is 0.298 e. The van der Waals surface area contributed by atoms with Crippen LogP contribution in [0.1, 0.15) is 18.9 Å². The van der Waals surface area contributed by atoms with Crippen LogP contribution in [0, 0.1) is 6.92 Å². The third-order valence-corrected chi connectivity index (χ3v) is 6.35. The average molecular weight is 464 g/mol. The minimum Gasteiger partial charge on any atom is -0.538 e. The van der Waals surface area contributed by atoms with E-state index in [4.69, 9.17) is 25.6 Å². The first kappa shape index (κ1) is 22.8. The van der Waals surface area contributed by atoms with Crippen molar-refractivity contribution in [1.82, 2.24) is 5.27 Å². The highest BCUT2D eigenvalue weighted by atomic mass is 35.5. The number of thioether (sulfide) groups is 1. The molecule has 8 nitrogen and oxygen atoms in total. The van der Waals surface area contributed by atoms with Crippen LogP contribution in [0.5, 0.6) is 17.4 Å². The third kappa shape index (κ3) is 5.05. The number of amides is 1. The van der Waals surface area contributed by atoms with Crippen molar-refractivity contribution < 1.29 is 28.6 Å². The second-order valence-electron chi connectivity index (χ2n) is 6.58. The molecule has 1 atom stereocenters. The molecule has 0 radical (unpaired) electrons. The number of anilines is 1. The van der Waals surface area contributed by atoms with Gasteiger partial charge in [-0.2, -0.15) is 0 Å². The second-order valence-corrected chi connectivity index (χ2v) is 8.18. The standard InChI is InChI=1S/C21H22ClN3O5S/c1-5-18(19(26)23-16-10-12(2)15(22)11-17(16)29-4)31-20-21(27)30-24-25(20)13-6-8-14(28-3)9-7-13/h6-11,18H,5H2,1-4H3,(H-,23,24,26,27). The van der Waals surface area contributed by atoms with Gasteiger partial charge in [-0.15, -0.1) is 0 Å². The molecule has 0 spiro atoms. The maximum atomic E-state index is 13.0. The number of carbonyl (C=O) groups excluding carboxylic acids is 1. The Morgan fingerprint density at radius 2 is 2.00 bits per heavy atom. The number of benzene rings is 2. The van der Waals surface area contributed by atoms with E-state index in [1.54, 1.807) is 43.5 Å². The van der Waals surface area contributed by atoms with Gasteiger partial charge in [0.2, 0.25) is 11.6 Å². The first-order chi connectivity index (χ1) is 14.9. The van der Waals surface area contributed by atoms with E-state index < -0.39 is 11.2 Å². The molecule has 0 saturated carbocycles. The zero-order valence-electron chi connectivity index (χ0n) is 17.5. The van der Waals surface area contributed by atoms with Crippen molar-refractivity contribution in [1.29, 1.82) is 0 Å². The van der Waals surface area contributed by atoms with E-state index in [9.17, 15) is 9.90 Å². The van der Waals surface area contributed by atoms with Crippen molar-refractivity contribution in [2.24, 2.45) is 0 Å². The highest BCUT2D eigenvalue weighted by Gasteiger charge is 2.29. The zero-order chi connectivity index (χ0) is 22.5. The summed E-state index contributed by atoms with van der Waals surface area (Å²) in [5, 5.41) is 19.1. The number of aromatic nitrogens is 2. The lowest BCUT2D eigenvalue weighted by Crippen LogP contribution is -2.36. The number of carbonyl (C=O) groups is 1. The second kappa shape index (κ2) is 9.93. The fourth-order valence-electron chi connectivity index (χ4n) is 2.83. The summed E-state index contributed by atoms with van der Waals surface area (Å²) in [6.45, 7) is 3.69. The van der Waals surface area contributed by atoms with E-state index in [-0.39, 0.29) is 10.9 Å². The van der Waals surface area contributed by atoms with Crippen LogP contribution in [0.25, 0.3) is 5.69 Å². The van der Waals surface area contributed by atoms with Crippen LogP contribution >= 0.6 is 23.4 Å². The van der Waals surface area contributed by atoms with Gasteiger partial charge < -0.3 is 24.4 Å². The van der Waals surface area contributed by atoms with E-state index in [1.807, 2.05) is 13.8 Å². The van der Waals surface area contributed by atoms with Crippen LogP contribution in [0.3, 0.4) is 0 Å². The Balaban J connectivity index is 1.84. The van der Waals surface area contributed by atoms with Gasteiger partial charge in [0, 0.05) is 23.2 Å². The molecule has 1 unspecified atom stereocenters. The lowest BCUT2D eigenvalue weighted by Gasteiger charge is -2.16. The molecule has 0 aliphatic rings. The van der Waals surface area contributed by atoms with E-state index in [0.717, 1.165) is 17.3 Å². The molecular weight excluding hydrogens is 442 g/mol. The molecule has 0 bridgehead atoms. The van der Waals surface area contributed by atoms with Gasteiger partial charge in [-0.05, 0) is 53.6 Å². The minimum absolute atomic E-state index is 0.200. The molecule has 0 aliphatic carbocycles. The van der Waals surface area contributed by atoms with Gasteiger partial charge in [0.05, 0.1) is 30.4 Å². The number of aryl methyl sites for hydroxylation is 1. The molecule has 10 heteroatoms. The Labute approximate surface area is 189 Å². The summed E-state index contributed by atoms with van der Waals surface area (Å²) in [5.41, 5.74) is 1.92. The highest BCUT2D eigenvalue weighted by Crippen LogP contribution is 2.33. The summed E-state index contributed by atoms with van der Waals surface area (Å²) in [4.78, 5) is 13.0. The van der Waals surface area contributed by atoms with Crippen molar-refractivity contribution in [2.45, 2.75) is 30.5 Å². The van der Waals surface area contributed by atoms with E-state index in [2.05, 4.69) is 10.6 Å². The van der Waals surface area contributed by atoms with E-state index >= 15 is 0 Å². The molecule has 1 heterocycles. The van der Waals surface area contributed by atoms with Gasteiger partial charge in [-0.1, -0.05) is 18.5 Å². The molecule has 2 aromatic carbocycles. The molecule has 0 saturated heterocycles. The fourth-order valence-corrected chi connectivity index (χ4v) is 3.95. The first-order valence-electron chi connectivity index (χ1n) is 9.43. The quantitative estimate of drug-likeness (QED) is 0.403. The van der Waals surface area contributed by atoms with Crippen molar-refractivity contribution in [3.8, 4) is 23.1 Å². The van der Waals surface area contributed by atoms with Gasteiger partial charge in [0.1, 0.15) is 11.5 Å². The normalized spacial score (nSPS) is 11.8. The molecular formula is C21H22ClN3O5S. The first-order valence-corrected chi connectivity index (χ1v) is 10.7. The lowest BCUT2D eigenvalue weighted by molar-refractivity contribution is -0.705. The van der Waals surface area contributed by atoms with Crippen molar-refractivity contribution >= 4 is 35.0 Å². The minimum atomic E-state index is -0.619. The van der Waals surface area contributed by atoms with Crippen LogP contribution in [-0.4, -0.2) is 30.6 Å². The summed E-state index contributed by atoms with van der Waals surface area (Å²) in [5.74, 6) is 0.218. The third-order valence-electron chi connectivity index (χ3n) is 4.55. The van der Waals surface area contributed by atoms with Crippen molar-refractivity contribution in [2.75, 3.05) is 19.5 Å². The van der Waals surface area contributed by atoms with Gasteiger partial charge in [0.15, 0.2) is 5.95 Å². The molecule has 164 valence electrons.